The Morgan fingerprint density at radius 3 is 1.45 bits per heavy atom. The van der Waals surface area contributed by atoms with Crippen LogP contribution in [0.15, 0.2) is 373 Å². The second-order valence-corrected chi connectivity index (χ2v) is 28.4. The molecule has 0 spiro atoms. The summed E-state index contributed by atoms with van der Waals surface area (Å²) in [5.74, 6) is 0. The highest BCUT2D eigenvalue weighted by molar-refractivity contribution is 7.26. The van der Waals surface area contributed by atoms with Crippen molar-refractivity contribution < 1.29 is 8.83 Å². The first-order chi connectivity index (χ1) is 51.5. The Morgan fingerprint density at radius 2 is 0.663 bits per heavy atom. The van der Waals surface area contributed by atoms with Crippen molar-refractivity contribution in [2.24, 2.45) is 0 Å². The lowest BCUT2D eigenvalue weighted by Gasteiger charge is -2.13. The maximum atomic E-state index is 6.31. The minimum absolute atomic E-state index is 0.896. The van der Waals surface area contributed by atoms with Gasteiger partial charge in [0.2, 0.25) is 0 Å². The summed E-state index contributed by atoms with van der Waals surface area (Å²) >= 11 is 3.70. The van der Waals surface area contributed by atoms with Gasteiger partial charge in [-0.25, -0.2) is 0 Å². The predicted octanol–water partition coefficient (Wildman–Crippen LogP) is 29.1. The molecule has 6 nitrogen and oxygen atoms in total. The first-order valence-corrected chi connectivity index (χ1v) is 36.6. The Balaban J connectivity index is 0.0000000958. The van der Waals surface area contributed by atoms with Crippen LogP contribution in [0.3, 0.4) is 0 Å². The van der Waals surface area contributed by atoms with E-state index in [2.05, 4.69) is 337 Å². The Hall–Kier alpha value is -13.2. The lowest BCUT2D eigenvalue weighted by molar-refractivity contribution is 0.669. The summed E-state index contributed by atoms with van der Waals surface area (Å²) in [6.45, 7) is 0. The van der Waals surface area contributed by atoms with Gasteiger partial charge in [0.15, 0.2) is 5.58 Å². The van der Waals surface area contributed by atoms with Gasteiger partial charge in [-0.3, -0.25) is 0 Å². The molecular formula is C96H64N4O2S2. The summed E-state index contributed by atoms with van der Waals surface area (Å²) in [6, 6.07) is 128. The molecule has 0 saturated carbocycles. The van der Waals surface area contributed by atoms with Crippen LogP contribution in [0.1, 0.15) is 0 Å². The molecule has 0 amide bonds. The van der Waals surface area contributed by atoms with E-state index in [0.717, 1.165) is 94.8 Å². The summed E-state index contributed by atoms with van der Waals surface area (Å²) in [6.07, 6.45) is 0. The highest BCUT2D eigenvalue weighted by atomic mass is 32.1. The van der Waals surface area contributed by atoms with Gasteiger partial charge in [0.25, 0.3) is 0 Å². The van der Waals surface area contributed by atoms with Crippen molar-refractivity contribution in [1.82, 2.24) is 0 Å². The summed E-state index contributed by atoms with van der Waals surface area (Å²) in [7, 11) is 0. The zero-order chi connectivity index (χ0) is 68.9. The summed E-state index contributed by atoms with van der Waals surface area (Å²) < 4.78 is 17.5. The molecule has 0 atom stereocenters. The van der Waals surface area contributed by atoms with Gasteiger partial charge in [-0.05, 0) is 175 Å². The number of rotatable bonds is 9. The maximum Gasteiger partial charge on any atom is 0.158 e. The standard InChI is InChI=1S/C28H17NS.C24H17NS.2C22H15NO/c1-2-7-25-23(6-1)24-13-12-21(16-26(24)30-25)29-22-14-19-10-8-17-4-3-5-18-9-11-20(15-22)28(19)27(17)18;1-2-7-17(8-3-1)18-13-15-19(16-14-18)25-22-11-6-10-21-20-9-4-5-12-23(20)26-24(21)22;1-2-6-16-13-17(10-9-15(16)5-1)23-18-11-12-22-20(14-18)19-7-3-4-8-21(19)24-22;1-2-8-16(9-3-1)23-20-12-6-11-18-19-14-13-15-7-4-5-10-17(15)21(19)24-22(18)20/h1-16,29H;1-16,25H;2*1-14,23H. The topological polar surface area (TPSA) is 74.4 Å². The number of nitrogens with one attached hydrogen (secondary N) is 4. The quantitative estimate of drug-likeness (QED) is 0.108. The summed E-state index contributed by atoms with van der Waals surface area (Å²) in [5, 5.41) is 36.8. The third-order valence-electron chi connectivity index (χ3n) is 19.7. The SMILES string of the molecule is c1cc2ccc3cc(Nc4ccc5c(c4)sc4ccccc45)cc4ccc(c1)c2c34.c1ccc(-c2ccc(Nc3cccc4c3sc3ccccc34)cc2)cc1.c1ccc(Nc2cccc3c2oc2c4ccccc4ccc32)cc1.c1ccc2cc(Nc3ccc4oc5ccccc5c4c3)ccc2c1. The third-order valence-corrected chi connectivity index (χ3v) is 22.0. The van der Waals surface area contributed by atoms with Crippen LogP contribution in [0.5, 0.6) is 0 Å². The van der Waals surface area contributed by atoms with Crippen molar-refractivity contribution in [2.75, 3.05) is 21.3 Å². The molecule has 0 unspecified atom stereocenters. The highest BCUT2D eigenvalue weighted by Gasteiger charge is 2.16. The molecular weight excluding hydrogens is 1310 g/mol. The van der Waals surface area contributed by atoms with Crippen LogP contribution in [0.2, 0.25) is 0 Å². The number of benzene rings is 18. The van der Waals surface area contributed by atoms with Gasteiger partial charge in [0.05, 0.1) is 16.1 Å². The fourth-order valence-corrected chi connectivity index (χ4v) is 17.0. The number of thiophene rings is 2. The van der Waals surface area contributed by atoms with E-state index < -0.39 is 0 Å². The van der Waals surface area contributed by atoms with Gasteiger partial charge in [-0.1, -0.05) is 249 Å². The molecule has 492 valence electrons. The number of anilines is 8. The average molecular weight is 1370 g/mol. The maximum absolute atomic E-state index is 6.31. The minimum Gasteiger partial charge on any atom is -0.456 e. The average Bonchev–Trinajstić information content (AvgIpc) is 1.31. The Kier molecular flexibility index (Phi) is 15.9. The lowest BCUT2D eigenvalue weighted by Crippen LogP contribution is -1.91. The van der Waals surface area contributed by atoms with Crippen molar-refractivity contribution >= 4 is 206 Å². The zero-order valence-corrected chi connectivity index (χ0v) is 57.9. The van der Waals surface area contributed by atoms with Crippen molar-refractivity contribution in [2.45, 2.75) is 0 Å². The molecule has 0 saturated heterocycles. The molecule has 0 aliphatic carbocycles. The molecule has 22 rings (SSSR count). The van der Waals surface area contributed by atoms with Crippen LogP contribution < -0.4 is 21.3 Å². The minimum atomic E-state index is 0.896. The van der Waals surface area contributed by atoms with E-state index in [4.69, 9.17) is 8.83 Å². The molecule has 0 aliphatic rings. The number of para-hydroxylation sites is 3. The molecule has 0 fully saturated rings. The van der Waals surface area contributed by atoms with E-state index in [1.807, 2.05) is 71.2 Å². The van der Waals surface area contributed by atoms with Gasteiger partial charge in [-0.2, -0.15) is 0 Å². The van der Waals surface area contributed by atoms with Crippen molar-refractivity contribution in [3.05, 3.63) is 364 Å². The fourth-order valence-electron chi connectivity index (χ4n) is 14.7. The monoisotopic (exact) mass is 1370 g/mol. The summed E-state index contributed by atoms with van der Waals surface area (Å²) in [4.78, 5) is 0. The van der Waals surface area contributed by atoms with Crippen molar-refractivity contribution in [3.63, 3.8) is 0 Å². The summed E-state index contributed by atoms with van der Waals surface area (Å²) in [5.41, 5.74) is 14.9. The van der Waals surface area contributed by atoms with E-state index in [-0.39, 0.29) is 0 Å². The number of hydrogen-bond donors (Lipinski definition) is 4. The fraction of sp³-hybridized carbons (Fsp3) is 0. The van der Waals surface area contributed by atoms with Crippen LogP contribution >= 0.6 is 22.7 Å². The molecule has 8 heteroatoms. The second kappa shape index (κ2) is 26.7. The van der Waals surface area contributed by atoms with Crippen LogP contribution in [0.25, 0.3) is 149 Å². The smallest absolute Gasteiger partial charge is 0.158 e. The molecule has 0 radical (unpaired) electrons. The molecule has 0 aliphatic heterocycles. The molecule has 18 aromatic carbocycles. The molecule has 4 heterocycles. The first-order valence-electron chi connectivity index (χ1n) is 35.0. The lowest BCUT2D eigenvalue weighted by atomic mass is 9.94. The van der Waals surface area contributed by atoms with Crippen LogP contribution in [0, 0.1) is 0 Å². The number of fused-ring (bicyclic) bond motifs is 15. The van der Waals surface area contributed by atoms with Crippen molar-refractivity contribution in [1.29, 1.82) is 0 Å². The number of furan rings is 2. The van der Waals surface area contributed by atoms with Crippen LogP contribution in [-0.2, 0) is 0 Å². The van der Waals surface area contributed by atoms with Crippen molar-refractivity contribution in [3.8, 4) is 11.1 Å². The molecule has 4 N–H and O–H groups in total. The van der Waals surface area contributed by atoms with E-state index >= 15 is 0 Å². The molecule has 4 aromatic heterocycles. The van der Waals surface area contributed by atoms with Crippen LogP contribution in [-0.4, -0.2) is 0 Å². The third kappa shape index (κ3) is 11.9. The van der Waals surface area contributed by atoms with Gasteiger partial charge in [0.1, 0.15) is 16.7 Å². The number of hydrogen-bond acceptors (Lipinski definition) is 8. The van der Waals surface area contributed by atoms with E-state index in [0.29, 0.717) is 0 Å². The van der Waals surface area contributed by atoms with E-state index in [1.54, 1.807) is 0 Å². The van der Waals surface area contributed by atoms with Gasteiger partial charge >= 0.3 is 0 Å². The Morgan fingerprint density at radius 1 is 0.202 bits per heavy atom. The molecule has 0 bridgehead atoms. The van der Waals surface area contributed by atoms with Gasteiger partial charge in [-0.15, -0.1) is 22.7 Å². The normalized spacial score (nSPS) is 11.5. The molecule has 104 heavy (non-hydrogen) atoms. The largest absolute Gasteiger partial charge is 0.456 e. The second-order valence-electron chi connectivity index (χ2n) is 26.2. The predicted molar refractivity (Wildman–Crippen MR) is 449 cm³/mol. The van der Waals surface area contributed by atoms with Gasteiger partial charge < -0.3 is 30.1 Å². The Bertz CT molecular complexity index is 6870. The molecule has 22 aromatic rings. The highest BCUT2D eigenvalue weighted by Crippen LogP contribution is 2.43. The zero-order valence-electron chi connectivity index (χ0n) is 56.3. The van der Waals surface area contributed by atoms with Gasteiger partial charge in [0, 0.05) is 96.7 Å². The van der Waals surface area contributed by atoms with Crippen LogP contribution in [0.4, 0.5) is 45.5 Å². The first kappa shape index (κ1) is 61.8. The Labute approximate surface area is 607 Å². The van der Waals surface area contributed by atoms with E-state index in [1.165, 1.54) is 99.9 Å². The van der Waals surface area contributed by atoms with E-state index in [9.17, 15) is 0 Å².